The minimum absolute atomic E-state index is 0.0262. The first kappa shape index (κ1) is 11.5. The first-order valence-corrected chi connectivity index (χ1v) is 6.38. The molecule has 0 radical (unpaired) electrons. The summed E-state index contributed by atoms with van der Waals surface area (Å²) in [6.45, 7) is 0. The summed E-state index contributed by atoms with van der Waals surface area (Å²) in [6.07, 6.45) is 4.99. The van der Waals surface area contributed by atoms with E-state index in [1.165, 1.54) is 17.2 Å². The van der Waals surface area contributed by atoms with Crippen molar-refractivity contribution in [3.63, 3.8) is 0 Å². The molecule has 16 heavy (non-hydrogen) atoms. The number of carbonyl (C=O) groups excluding carboxylic acids is 2. The molecule has 86 valence electrons. The molecule has 0 aromatic carbocycles. The fourth-order valence-electron chi connectivity index (χ4n) is 1.53. The van der Waals surface area contributed by atoms with Crippen LogP contribution in [0, 0.1) is 0 Å². The van der Waals surface area contributed by atoms with E-state index in [-0.39, 0.29) is 17.2 Å². The highest BCUT2D eigenvalue weighted by atomic mass is 35.5. The Balaban J connectivity index is 2.02. The SMILES string of the molecule is O=C(O/C=C\CCl)C1=CCS[C@@H]2CC(=O)N12. The fourth-order valence-corrected chi connectivity index (χ4v) is 2.72. The fraction of sp³-hybridized carbons (Fsp3) is 0.400. The summed E-state index contributed by atoms with van der Waals surface area (Å²) in [5.41, 5.74) is 0.347. The maximum atomic E-state index is 11.6. The van der Waals surface area contributed by atoms with E-state index in [1.807, 2.05) is 0 Å². The Morgan fingerprint density at radius 3 is 3.25 bits per heavy atom. The highest BCUT2D eigenvalue weighted by Crippen LogP contribution is 2.37. The molecule has 0 aromatic rings. The summed E-state index contributed by atoms with van der Waals surface area (Å²) >= 11 is 7.04. The number of hydrogen-bond donors (Lipinski definition) is 0. The van der Waals surface area contributed by atoms with Crippen molar-refractivity contribution in [2.75, 3.05) is 11.6 Å². The van der Waals surface area contributed by atoms with Crippen molar-refractivity contribution in [3.8, 4) is 0 Å². The smallest absolute Gasteiger partial charge is 0.359 e. The highest BCUT2D eigenvalue weighted by Gasteiger charge is 2.43. The number of rotatable bonds is 3. The number of fused-ring (bicyclic) bond motifs is 1. The number of carbonyl (C=O) groups is 2. The topological polar surface area (TPSA) is 46.6 Å². The number of allylic oxidation sites excluding steroid dienone is 1. The van der Waals surface area contributed by atoms with Gasteiger partial charge in [-0.25, -0.2) is 4.79 Å². The molecular formula is C10H10ClNO3S. The molecule has 1 atom stereocenters. The maximum Gasteiger partial charge on any atom is 0.359 e. The third-order valence-electron chi connectivity index (χ3n) is 2.30. The van der Waals surface area contributed by atoms with Crippen molar-refractivity contribution in [2.24, 2.45) is 0 Å². The molecule has 0 saturated carbocycles. The molecule has 2 aliphatic rings. The first-order valence-electron chi connectivity index (χ1n) is 4.80. The Kier molecular flexibility index (Phi) is 3.56. The van der Waals surface area contributed by atoms with E-state index in [9.17, 15) is 9.59 Å². The van der Waals surface area contributed by atoms with Crippen molar-refractivity contribution >= 4 is 35.2 Å². The monoisotopic (exact) mass is 259 g/mol. The largest absolute Gasteiger partial charge is 0.430 e. The van der Waals surface area contributed by atoms with Crippen LogP contribution in [-0.2, 0) is 14.3 Å². The van der Waals surface area contributed by atoms with Gasteiger partial charge in [0, 0.05) is 11.6 Å². The number of halogens is 1. The second-order valence-corrected chi connectivity index (χ2v) is 4.80. The van der Waals surface area contributed by atoms with Crippen LogP contribution >= 0.6 is 23.4 Å². The molecular weight excluding hydrogens is 250 g/mol. The van der Waals surface area contributed by atoms with E-state index in [1.54, 1.807) is 17.8 Å². The van der Waals surface area contributed by atoms with E-state index < -0.39 is 5.97 Å². The standard InChI is InChI=1S/C10H10ClNO3S/c11-3-1-4-15-10(14)7-2-5-16-9-6-8(13)12(7)9/h1-2,4,9H,3,5-6H2/b4-1-/t9-/m1/s1. The minimum Gasteiger partial charge on any atom is -0.430 e. The van der Waals surface area contributed by atoms with Gasteiger partial charge in [0.05, 0.1) is 18.1 Å². The molecule has 0 aliphatic carbocycles. The zero-order chi connectivity index (χ0) is 11.5. The van der Waals surface area contributed by atoms with Crippen LogP contribution in [0.15, 0.2) is 24.1 Å². The Bertz CT molecular complexity index is 380. The van der Waals surface area contributed by atoms with E-state index >= 15 is 0 Å². The van der Waals surface area contributed by atoms with Crippen LogP contribution in [0.25, 0.3) is 0 Å². The second-order valence-electron chi connectivity index (χ2n) is 3.28. The van der Waals surface area contributed by atoms with Gasteiger partial charge in [-0.05, 0) is 12.2 Å². The van der Waals surface area contributed by atoms with Crippen LogP contribution < -0.4 is 0 Å². The summed E-state index contributed by atoms with van der Waals surface area (Å²) in [7, 11) is 0. The molecule has 0 unspecified atom stereocenters. The lowest BCUT2D eigenvalue weighted by molar-refractivity contribution is -0.146. The van der Waals surface area contributed by atoms with Gasteiger partial charge >= 0.3 is 5.97 Å². The zero-order valence-electron chi connectivity index (χ0n) is 8.39. The van der Waals surface area contributed by atoms with Crippen LogP contribution in [0.1, 0.15) is 6.42 Å². The summed E-state index contributed by atoms with van der Waals surface area (Å²) in [5.74, 6) is 0.493. The molecule has 0 bridgehead atoms. The predicted molar refractivity (Wildman–Crippen MR) is 61.7 cm³/mol. The molecule has 1 fully saturated rings. The number of ether oxygens (including phenoxy) is 1. The number of thioether (sulfide) groups is 1. The minimum atomic E-state index is -0.500. The second kappa shape index (κ2) is 4.93. The van der Waals surface area contributed by atoms with E-state index in [0.717, 1.165) is 5.75 Å². The molecule has 1 amide bonds. The van der Waals surface area contributed by atoms with Gasteiger partial charge in [0.1, 0.15) is 5.70 Å². The van der Waals surface area contributed by atoms with Gasteiger partial charge in [0.2, 0.25) is 5.91 Å². The van der Waals surface area contributed by atoms with Crippen LogP contribution in [-0.4, -0.2) is 33.8 Å². The van der Waals surface area contributed by atoms with E-state index in [4.69, 9.17) is 16.3 Å². The molecule has 6 heteroatoms. The Morgan fingerprint density at radius 1 is 1.75 bits per heavy atom. The number of nitrogens with zero attached hydrogens (tertiary/aromatic N) is 1. The Morgan fingerprint density at radius 2 is 2.56 bits per heavy atom. The number of alkyl halides is 1. The summed E-state index contributed by atoms with van der Waals surface area (Å²) in [5, 5.41) is 0.108. The van der Waals surface area contributed by atoms with Crippen molar-refractivity contribution in [3.05, 3.63) is 24.1 Å². The van der Waals surface area contributed by atoms with Gasteiger partial charge in [-0.1, -0.05) is 0 Å². The van der Waals surface area contributed by atoms with Gasteiger partial charge < -0.3 is 4.74 Å². The molecule has 0 N–H and O–H groups in total. The Hall–Kier alpha value is -0.940. The van der Waals surface area contributed by atoms with Crippen molar-refractivity contribution in [1.29, 1.82) is 0 Å². The van der Waals surface area contributed by atoms with Gasteiger partial charge in [-0.3, -0.25) is 9.69 Å². The molecule has 2 heterocycles. The third-order valence-corrected chi connectivity index (χ3v) is 3.60. The van der Waals surface area contributed by atoms with Crippen molar-refractivity contribution in [2.45, 2.75) is 11.8 Å². The number of amides is 1. The Labute approximate surface area is 102 Å². The first-order chi connectivity index (χ1) is 7.74. The van der Waals surface area contributed by atoms with Crippen LogP contribution in [0.4, 0.5) is 0 Å². The maximum absolute atomic E-state index is 11.6. The lowest BCUT2D eigenvalue weighted by atomic mass is 10.1. The van der Waals surface area contributed by atoms with Crippen LogP contribution in [0.3, 0.4) is 0 Å². The van der Waals surface area contributed by atoms with Gasteiger partial charge in [0.25, 0.3) is 0 Å². The lowest BCUT2D eigenvalue weighted by Crippen LogP contribution is -2.53. The van der Waals surface area contributed by atoms with Crippen LogP contribution in [0.2, 0.25) is 0 Å². The summed E-state index contributed by atoms with van der Waals surface area (Å²) in [6, 6.07) is 0. The average Bonchev–Trinajstić information content (AvgIpc) is 2.27. The number of hydrogen-bond acceptors (Lipinski definition) is 4. The van der Waals surface area contributed by atoms with Gasteiger partial charge in [-0.2, -0.15) is 0 Å². The van der Waals surface area contributed by atoms with E-state index in [2.05, 4.69) is 0 Å². The van der Waals surface area contributed by atoms with Crippen molar-refractivity contribution < 1.29 is 14.3 Å². The molecule has 2 aliphatic heterocycles. The predicted octanol–water partition coefficient (Wildman–Crippen LogP) is 1.47. The normalized spacial score (nSPS) is 23.8. The lowest BCUT2D eigenvalue weighted by Gasteiger charge is -2.42. The van der Waals surface area contributed by atoms with Crippen LogP contribution in [0.5, 0.6) is 0 Å². The molecule has 4 nitrogen and oxygen atoms in total. The highest BCUT2D eigenvalue weighted by molar-refractivity contribution is 8.00. The van der Waals surface area contributed by atoms with Gasteiger partial charge in [-0.15, -0.1) is 23.4 Å². The van der Waals surface area contributed by atoms with Crippen molar-refractivity contribution in [1.82, 2.24) is 4.90 Å². The molecule has 0 aromatic heterocycles. The van der Waals surface area contributed by atoms with E-state index in [0.29, 0.717) is 12.1 Å². The number of esters is 1. The zero-order valence-corrected chi connectivity index (χ0v) is 9.96. The molecule has 1 saturated heterocycles. The summed E-state index contributed by atoms with van der Waals surface area (Å²) in [4.78, 5) is 24.4. The average molecular weight is 260 g/mol. The number of β-lactam (4-membered cyclic amide) rings is 1. The quantitative estimate of drug-likeness (QED) is 0.333. The summed E-state index contributed by atoms with van der Waals surface area (Å²) < 4.78 is 4.85. The van der Waals surface area contributed by atoms with Gasteiger partial charge in [0.15, 0.2) is 0 Å². The third kappa shape index (κ3) is 2.10. The molecule has 2 rings (SSSR count). The molecule has 0 spiro atoms.